The van der Waals surface area contributed by atoms with Gasteiger partial charge < -0.3 is 10.2 Å². The molecule has 1 saturated heterocycles. The lowest BCUT2D eigenvalue weighted by Crippen LogP contribution is -2.41. The number of hydrogen-bond donors (Lipinski definition) is 1. The molecule has 0 spiro atoms. The first kappa shape index (κ1) is 19.0. The Kier molecular flexibility index (Phi) is 5.92. The number of benzene rings is 1. The van der Waals surface area contributed by atoms with E-state index >= 15 is 0 Å². The first-order valence-electron chi connectivity index (χ1n) is 9.30. The van der Waals surface area contributed by atoms with Crippen LogP contribution < -0.4 is 10.2 Å². The van der Waals surface area contributed by atoms with Gasteiger partial charge in [-0.2, -0.15) is 0 Å². The van der Waals surface area contributed by atoms with Crippen LogP contribution in [0.15, 0.2) is 58.8 Å². The molecule has 3 heterocycles. The number of carbonyl (C=O) groups excluding carboxylic acids is 1. The molecule has 1 amide bonds. The van der Waals surface area contributed by atoms with Crippen molar-refractivity contribution in [3.63, 3.8) is 0 Å². The van der Waals surface area contributed by atoms with Gasteiger partial charge in [0.2, 0.25) is 5.91 Å². The minimum Gasteiger partial charge on any atom is -0.354 e. The van der Waals surface area contributed by atoms with Gasteiger partial charge in [0.1, 0.15) is 5.69 Å². The third kappa shape index (κ3) is 4.36. The fourth-order valence-electron chi connectivity index (χ4n) is 3.39. The van der Waals surface area contributed by atoms with Gasteiger partial charge in [0, 0.05) is 23.7 Å². The molecule has 5 nitrogen and oxygen atoms in total. The van der Waals surface area contributed by atoms with E-state index in [0.29, 0.717) is 6.54 Å². The summed E-state index contributed by atoms with van der Waals surface area (Å²) in [6.07, 6.45) is 3.90. The van der Waals surface area contributed by atoms with E-state index in [1.165, 1.54) is 0 Å². The highest BCUT2D eigenvalue weighted by molar-refractivity contribution is 7.98. The minimum atomic E-state index is -0.0505. The zero-order chi connectivity index (χ0) is 19.3. The molecule has 1 N–H and O–H groups in total. The molecule has 0 bridgehead atoms. The molecule has 0 radical (unpaired) electrons. The maximum atomic E-state index is 12.8. The summed E-state index contributed by atoms with van der Waals surface area (Å²) in [6.45, 7) is 1.57. The van der Waals surface area contributed by atoms with Crippen LogP contribution in [-0.2, 0) is 4.79 Å². The average molecular weight is 411 g/mol. The van der Waals surface area contributed by atoms with Crippen molar-refractivity contribution in [1.82, 2.24) is 10.2 Å². The van der Waals surface area contributed by atoms with Crippen molar-refractivity contribution in [2.75, 3.05) is 29.6 Å². The van der Waals surface area contributed by atoms with Crippen LogP contribution in [0.25, 0.3) is 10.6 Å². The Balaban J connectivity index is 1.41. The fourth-order valence-corrected chi connectivity index (χ4v) is 4.54. The second-order valence-electron chi connectivity index (χ2n) is 6.76. The SMILES string of the molecule is CSc1cccc(NC(=O)C2CCCN(c3ccc(-c4cccs4)nn3)C2)c1. The number of amides is 1. The lowest BCUT2D eigenvalue weighted by molar-refractivity contribution is -0.120. The lowest BCUT2D eigenvalue weighted by Gasteiger charge is -2.32. The number of thiophene rings is 1. The minimum absolute atomic E-state index is 0.0505. The Hall–Kier alpha value is -2.38. The summed E-state index contributed by atoms with van der Waals surface area (Å²) in [5.41, 5.74) is 1.74. The number of nitrogens with one attached hydrogen (secondary N) is 1. The van der Waals surface area contributed by atoms with E-state index in [9.17, 15) is 4.79 Å². The summed E-state index contributed by atoms with van der Waals surface area (Å²) in [5, 5.41) is 13.9. The Morgan fingerprint density at radius 3 is 2.89 bits per heavy atom. The molecule has 4 rings (SSSR count). The van der Waals surface area contributed by atoms with Crippen LogP contribution in [-0.4, -0.2) is 35.4 Å². The molecular formula is C21H22N4OS2. The first-order chi connectivity index (χ1) is 13.7. The summed E-state index contributed by atoms with van der Waals surface area (Å²) < 4.78 is 0. The molecule has 3 aromatic rings. The quantitative estimate of drug-likeness (QED) is 0.613. The second kappa shape index (κ2) is 8.75. The van der Waals surface area contributed by atoms with Crippen molar-refractivity contribution in [1.29, 1.82) is 0 Å². The second-order valence-corrected chi connectivity index (χ2v) is 8.59. The lowest BCUT2D eigenvalue weighted by atomic mass is 9.97. The fraction of sp³-hybridized carbons (Fsp3) is 0.286. The average Bonchev–Trinajstić information content (AvgIpc) is 3.29. The van der Waals surface area contributed by atoms with Gasteiger partial charge >= 0.3 is 0 Å². The van der Waals surface area contributed by atoms with E-state index in [-0.39, 0.29) is 11.8 Å². The van der Waals surface area contributed by atoms with Crippen molar-refractivity contribution in [3.8, 4) is 10.6 Å². The van der Waals surface area contributed by atoms with Crippen molar-refractivity contribution in [2.45, 2.75) is 17.7 Å². The van der Waals surface area contributed by atoms with E-state index < -0.39 is 0 Å². The highest BCUT2D eigenvalue weighted by atomic mass is 32.2. The van der Waals surface area contributed by atoms with Crippen molar-refractivity contribution < 1.29 is 4.79 Å². The normalized spacial score (nSPS) is 16.8. The number of aromatic nitrogens is 2. The Labute approximate surface area is 173 Å². The largest absolute Gasteiger partial charge is 0.354 e. The molecule has 144 valence electrons. The number of nitrogens with zero attached hydrogens (tertiary/aromatic N) is 3. The molecule has 1 unspecified atom stereocenters. The van der Waals surface area contributed by atoms with Gasteiger partial charge in [0.15, 0.2) is 5.82 Å². The Morgan fingerprint density at radius 2 is 2.14 bits per heavy atom. The van der Waals surface area contributed by atoms with Crippen LogP contribution in [0.1, 0.15) is 12.8 Å². The van der Waals surface area contributed by atoms with Gasteiger partial charge in [0.05, 0.1) is 10.8 Å². The number of anilines is 2. The Morgan fingerprint density at radius 1 is 1.21 bits per heavy atom. The molecule has 1 aliphatic rings. The smallest absolute Gasteiger partial charge is 0.229 e. The number of thioether (sulfide) groups is 1. The van der Waals surface area contributed by atoms with Crippen LogP contribution >= 0.6 is 23.1 Å². The van der Waals surface area contributed by atoms with Gasteiger partial charge in [-0.25, -0.2) is 0 Å². The third-order valence-corrected chi connectivity index (χ3v) is 6.50. The molecule has 2 aromatic heterocycles. The van der Waals surface area contributed by atoms with Gasteiger partial charge in [-0.1, -0.05) is 12.1 Å². The molecule has 28 heavy (non-hydrogen) atoms. The summed E-state index contributed by atoms with van der Waals surface area (Å²) >= 11 is 3.32. The number of piperidine rings is 1. The summed E-state index contributed by atoms with van der Waals surface area (Å²) in [4.78, 5) is 17.2. The predicted molar refractivity (Wildman–Crippen MR) is 117 cm³/mol. The van der Waals surface area contributed by atoms with Crippen LogP contribution in [0.5, 0.6) is 0 Å². The molecule has 1 aliphatic heterocycles. The summed E-state index contributed by atoms with van der Waals surface area (Å²) in [6, 6.07) is 16.0. The summed E-state index contributed by atoms with van der Waals surface area (Å²) in [5.74, 6) is 0.860. The number of hydrogen-bond acceptors (Lipinski definition) is 6. The van der Waals surface area contributed by atoms with Crippen LogP contribution in [0.4, 0.5) is 11.5 Å². The monoisotopic (exact) mass is 410 g/mol. The van der Waals surface area contributed by atoms with Crippen molar-refractivity contribution in [3.05, 3.63) is 53.9 Å². The molecule has 0 aliphatic carbocycles. The molecular weight excluding hydrogens is 388 g/mol. The van der Waals surface area contributed by atoms with Gasteiger partial charge in [-0.15, -0.1) is 33.3 Å². The van der Waals surface area contributed by atoms with Crippen molar-refractivity contribution in [2.24, 2.45) is 5.92 Å². The molecule has 1 fully saturated rings. The molecule has 7 heteroatoms. The van der Waals surface area contributed by atoms with E-state index in [2.05, 4.69) is 20.4 Å². The third-order valence-electron chi connectivity index (χ3n) is 4.88. The van der Waals surface area contributed by atoms with Crippen LogP contribution in [0.3, 0.4) is 0 Å². The van der Waals surface area contributed by atoms with Gasteiger partial charge in [0.25, 0.3) is 0 Å². The van der Waals surface area contributed by atoms with Gasteiger partial charge in [-0.05, 0) is 60.9 Å². The maximum Gasteiger partial charge on any atom is 0.229 e. The van der Waals surface area contributed by atoms with E-state index in [4.69, 9.17) is 0 Å². The molecule has 1 atom stereocenters. The Bertz CT molecular complexity index is 928. The maximum absolute atomic E-state index is 12.8. The standard InChI is InChI=1S/C21H22N4OS2/c1-27-17-7-2-6-16(13-17)22-21(26)15-5-3-11-25(14-15)20-10-9-18(23-24-20)19-8-4-12-28-19/h2,4,6-10,12-13,15H,3,5,11,14H2,1H3,(H,22,26). The molecule has 0 saturated carbocycles. The highest BCUT2D eigenvalue weighted by Gasteiger charge is 2.27. The summed E-state index contributed by atoms with van der Waals surface area (Å²) in [7, 11) is 0. The topological polar surface area (TPSA) is 58.1 Å². The predicted octanol–water partition coefficient (Wildman–Crippen LogP) is 4.78. The van der Waals surface area contributed by atoms with Gasteiger partial charge in [-0.3, -0.25) is 4.79 Å². The highest BCUT2D eigenvalue weighted by Crippen LogP contribution is 2.26. The number of rotatable bonds is 5. The van der Waals surface area contributed by atoms with E-state index in [1.54, 1.807) is 23.1 Å². The van der Waals surface area contributed by atoms with Crippen molar-refractivity contribution >= 4 is 40.5 Å². The van der Waals surface area contributed by atoms with E-state index in [1.807, 2.05) is 60.2 Å². The van der Waals surface area contributed by atoms with Crippen LogP contribution in [0, 0.1) is 5.92 Å². The zero-order valence-electron chi connectivity index (χ0n) is 15.7. The molecule has 1 aromatic carbocycles. The first-order valence-corrected chi connectivity index (χ1v) is 11.4. The van der Waals surface area contributed by atoms with E-state index in [0.717, 1.165) is 46.4 Å². The van der Waals surface area contributed by atoms with Crippen LogP contribution in [0.2, 0.25) is 0 Å². The number of carbonyl (C=O) groups is 1. The zero-order valence-corrected chi connectivity index (χ0v) is 17.3.